The van der Waals surface area contributed by atoms with Gasteiger partial charge in [-0.25, -0.2) is 0 Å². The molecule has 1 aromatic carbocycles. The Labute approximate surface area is 152 Å². The lowest BCUT2D eigenvalue weighted by Gasteiger charge is -2.14. The van der Waals surface area contributed by atoms with Crippen LogP contribution in [-0.2, 0) is 16.0 Å². The monoisotopic (exact) mass is 357 g/mol. The van der Waals surface area contributed by atoms with Gasteiger partial charge in [-0.15, -0.1) is 0 Å². The molecule has 2 aromatic rings. The van der Waals surface area contributed by atoms with Crippen molar-refractivity contribution in [3.8, 4) is 11.4 Å². The van der Waals surface area contributed by atoms with Gasteiger partial charge in [0.05, 0.1) is 5.92 Å². The zero-order chi connectivity index (χ0) is 18.7. The van der Waals surface area contributed by atoms with Gasteiger partial charge in [0.15, 0.2) is 0 Å². The highest BCUT2D eigenvalue weighted by molar-refractivity contribution is 5.78. The third-order valence-corrected chi connectivity index (χ3v) is 4.75. The Morgan fingerprint density at radius 1 is 1.31 bits per heavy atom. The average Bonchev–Trinajstić information content (AvgIpc) is 3.29. The molecule has 7 nitrogen and oxygen atoms in total. The number of amides is 1. The third-order valence-electron chi connectivity index (χ3n) is 4.75. The van der Waals surface area contributed by atoms with E-state index in [9.17, 15) is 9.59 Å². The number of nitrogens with zero attached hydrogens (tertiary/aromatic N) is 3. The number of carbonyl (C=O) groups is 2. The van der Waals surface area contributed by atoms with Crippen molar-refractivity contribution in [1.29, 1.82) is 0 Å². The van der Waals surface area contributed by atoms with Gasteiger partial charge in [-0.3, -0.25) is 9.59 Å². The fraction of sp³-hybridized carbons (Fsp3) is 0.474. The van der Waals surface area contributed by atoms with Gasteiger partial charge in [0.1, 0.15) is 0 Å². The molecule has 1 aromatic heterocycles. The third kappa shape index (κ3) is 4.09. The van der Waals surface area contributed by atoms with E-state index in [1.807, 2.05) is 24.3 Å². The first kappa shape index (κ1) is 18.1. The molecule has 2 heterocycles. The molecular formula is C19H23N3O4. The van der Waals surface area contributed by atoms with Gasteiger partial charge < -0.3 is 14.5 Å². The van der Waals surface area contributed by atoms with Crippen LogP contribution in [0.15, 0.2) is 28.8 Å². The largest absolute Gasteiger partial charge is 0.481 e. The number of rotatable bonds is 6. The molecule has 0 spiro atoms. The Hall–Kier alpha value is -2.70. The van der Waals surface area contributed by atoms with Crippen molar-refractivity contribution in [2.24, 2.45) is 5.92 Å². The van der Waals surface area contributed by atoms with Crippen LogP contribution in [0.25, 0.3) is 11.4 Å². The molecule has 0 saturated carbocycles. The lowest BCUT2D eigenvalue weighted by atomic mass is 10.0. The number of aryl methyl sites for hydroxylation is 1. The molecule has 1 amide bonds. The predicted octanol–water partition coefficient (Wildman–Crippen LogP) is 2.73. The Morgan fingerprint density at radius 2 is 2.04 bits per heavy atom. The molecule has 3 rings (SSSR count). The molecule has 1 saturated heterocycles. The highest BCUT2D eigenvalue weighted by atomic mass is 16.5. The first-order chi connectivity index (χ1) is 12.4. The van der Waals surface area contributed by atoms with Gasteiger partial charge >= 0.3 is 5.97 Å². The summed E-state index contributed by atoms with van der Waals surface area (Å²) in [5.74, 6) is 0.00947. The summed E-state index contributed by atoms with van der Waals surface area (Å²) in [5.41, 5.74) is 2.12. The maximum Gasteiger partial charge on any atom is 0.308 e. The summed E-state index contributed by atoms with van der Waals surface area (Å²) in [4.78, 5) is 29.1. The number of hydrogen-bond acceptors (Lipinski definition) is 5. The second-order valence-electron chi connectivity index (χ2n) is 6.95. The molecule has 138 valence electrons. The van der Waals surface area contributed by atoms with Crippen molar-refractivity contribution in [1.82, 2.24) is 15.0 Å². The zero-order valence-electron chi connectivity index (χ0n) is 15.0. The van der Waals surface area contributed by atoms with Crippen molar-refractivity contribution in [3.63, 3.8) is 0 Å². The number of aliphatic carboxylic acids is 1. The lowest BCUT2D eigenvalue weighted by molar-refractivity contribution is -0.141. The molecular weight excluding hydrogens is 334 g/mol. The Morgan fingerprint density at radius 3 is 2.65 bits per heavy atom. The molecule has 1 N–H and O–H groups in total. The number of carboxylic acids is 1. The van der Waals surface area contributed by atoms with Crippen LogP contribution in [-0.4, -0.2) is 45.1 Å². The van der Waals surface area contributed by atoms with Crippen LogP contribution in [0.5, 0.6) is 0 Å². The summed E-state index contributed by atoms with van der Waals surface area (Å²) in [6, 6.07) is 8.02. The molecule has 1 aliphatic heterocycles. The predicted molar refractivity (Wildman–Crippen MR) is 94.5 cm³/mol. The quantitative estimate of drug-likeness (QED) is 0.854. The zero-order valence-corrected chi connectivity index (χ0v) is 15.0. The summed E-state index contributed by atoms with van der Waals surface area (Å²) in [5, 5.41) is 13.0. The van der Waals surface area contributed by atoms with E-state index in [1.165, 1.54) is 5.56 Å². The van der Waals surface area contributed by atoms with Crippen molar-refractivity contribution >= 4 is 11.9 Å². The number of likely N-dealkylation sites (tertiary alicyclic amines) is 1. The summed E-state index contributed by atoms with van der Waals surface area (Å²) >= 11 is 0. The SMILES string of the molecule is CC(C)c1ccc(-c2noc(CCC(=O)N3CC[C@H](C(=O)O)C3)n2)cc1. The molecule has 26 heavy (non-hydrogen) atoms. The average molecular weight is 357 g/mol. The first-order valence-corrected chi connectivity index (χ1v) is 8.87. The minimum absolute atomic E-state index is 0.0743. The Kier molecular flexibility index (Phi) is 5.35. The van der Waals surface area contributed by atoms with Crippen molar-refractivity contribution < 1.29 is 19.2 Å². The van der Waals surface area contributed by atoms with Gasteiger partial charge in [0, 0.05) is 31.5 Å². The molecule has 1 fully saturated rings. The molecule has 1 atom stereocenters. The fourth-order valence-electron chi connectivity index (χ4n) is 3.05. The van der Waals surface area contributed by atoms with Crippen LogP contribution in [0.1, 0.15) is 44.1 Å². The second kappa shape index (κ2) is 7.68. The number of carboxylic acid groups (broad SMARTS) is 1. The number of aromatic nitrogens is 2. The van der Waals surface area contributed by atoms with E-state index in [4.69, 9.17) is 9.63 Å². The number of carbonyl (C=O) groups excluding carboxylic acids is 1. The van der Waals surface area contributed by atoms with Crippen LogP contribution in [0, 0.1) is 5.92 Å². The summed E-state index contributed by atoms with van der Waals surface area (Å²) in [6.45, 7) is 5.05. The molecule has 1 aliphatic rings. The minimum atomic E-state index is -0.842. The van der Waals surface area contributed by atoms with E-state index in [2.05, 4.69) is 24.0 Å². The van der Waals surface area contributed by atoms with E-state index in [0.717, 1.165) is 5.56 Å². The Bertz CT molecular complexity index is 782. The maximum absolute atomic E-state index is 12.2. The molecule has 0 radical (unpaired) electrons. The van der Waals surface area contributed by atoms with Crippen LogP contribution in [0.2, 0.25) is 0 Å². The van der Waals surface area contributed by atoms with Crippen LogP contribution in [0.3, 0.4) is 0 Å². The number of hydrogen-bond donors (Lipinski definition) is 1. The van der Waals surface area contributed by atoms with Gasteiger partial charge in [0.2, 0.25) is 17.6 Å². The smallest absolute Gasteiger partial charge is 0.308 e. The van der Waals surface area contributed by atoms with Gasteiger partial charge in [-0.1, -0.05) is 43.3 Å². The van der Waals surface area contributed by atoms with E-state index in [-0.39, 0.29) is 18.9 Å². The first-order valence-electron chi connectivity index (χ1n) is 8.87. The second-order valence-corrected chi connectivity index (χ2v) is 6.95. The van der Waals surface area contributed by atoms with Gasteiger partial charge in [0.25, 0.3) is 0 Å². The normalized spacial score (nSPS) is 17.0. The van der Waals surface area contributed by atoms with Gasteiger partial charge in [-0.05, 0) is 17.9 Å². The standard InChI is InChI=1S/C19H23N3O4/c1-12(2)13-3-5-14(6-4-13)18-20-16(26-21-18)7-8-17(23)22-10-9-15(11-22)19(24)25/h3-6,12,15H,7-11H2,1-2H3,(H,24,25)/t15-/m0/s1. The van der Waals surface area contributed by atoms with Gasteiger partial charge in [-0.2, -0.15) is 4.98 Å². The van der Waals surface area contributed by atoms with Crippen LogP contribution >= 0.6 is 0 Å². The highest BCUT2D eigenvalue weighted by Crippen LogP contribution is 2.21. The van der Waals surface area contributed by atoms with E-state index >= 15 is 0 Å². The molecule has 0 unspecified atom stereocenters. The highest BCUT2D eigenvalue weighted by Gasteiger charge is 2.30. The summed E-state index contributed by atoms with van der Waals surface area (Å²) in [6.07, 6.45) is 1.10. The molecule has 7 heteroatoms. The Balaban J connectivity index is 1.55. The van der Waals surface area contributed by atoms with Crippen molar-refractivity contribution in [3.05, 3.63) is 35.7 Å². The fourth-order valence-corrected chi connectivity index (χ4v) is 3.05. The molecule has 0 aliphatic carbocycles. The maximum atomic E-state index is 12.2. The lowest BCUT2D eigenvalue weighted by Crippen LogP contribution is -2.30. The van der Waals surface area contributed by atoms with Crippen LogP contribution < -0.4 is 0 Å². The summed E-state index contributed by atoms with van der Waals surface area (Å²) in [7, 11) is 0. The van der Waals surface area contributed by atoms with E-state index in [1.54, 1.807) is 4.90 Å². The van der Waals surface area contributed by atoms with Crippen molar-refractivity contribution in [2.45, 2.75) is 39.0 Å². The molecule has 0 bridgehead atoms. The van der Waals surface area contributed by atoms with E-state index < -0.39 is 11.9 Å². The van der Waals surface area contributed by atoms with Crippen molar-refractivity contribution in [2.75, 3.05) is 13.1 Å². The van der Waals surface area contributed by atoms with Crippen LogP contribution in [0.4, 0.5) is 0 Å². The topological polar surface area (TPSA) is 96.5 Å². The summed E-state index contributed by atoms with van der Waals surface area (Å²) < 4.78 is 5.24. The number of benzene rings is 1. The minimum Gasteiger partial charge on any atom is -0.481 e. The van der Waals surface area contributed by atoms with E-state index in [0.29, 0.717) is 37.0 Å².